The molecule has 2 heterocycles. The number of ether oxygens (including phenoxy) is 4. The molecule has 248 valence electrons. The first kappa shape index (κ1) is 34.4. The molecule has 1 aromatic heterocycles. The Kier molecular flexibility index (Phi) is 11.1. The number of esters is 1. The van der Waals surface area contributed by atoms with E-state index in [9.17, 15) is 30.8 Å². The second-order valence-corrected chi connectivity index (χ2v) is 14.2. The van der Waals surface area contributed by atoms with E-state index in [2.05, 4.69) is 14.5 Å². The lowest BCUT2D eigenvalue weighted by Gasteiger charge is -2.26. The molecule has 3 aromatic rings. The summed E-state index contributed by atoms with van der Waals surface area (Å²) in [5.74, 6) is -0.773. The number of rotatable bonds is 14. The fourth-order valence-corrected chi connectivity index (χ4v) is 8.20. The fourth-order valence-electron chi connectivity index (χ4n) is 4.62. The predicted molar refractivity (Wildman–Crippen MR) is 160 cm³/mol. The molecule has 1 saturated heterocycles. The minimum absolute atomic E-state index is 0.0167. The van der Waals surface area contributed by atoms with E-state index in [1.165, 1.54) is 30.6 Å². The highest BCUT2D eigenvalue weighted by Crippen LogP contribution is 2.39. The molecule has 2 atom stereocenters. The Balaban J connectivity index is 1.43. The van der Waals surface area contributed by atoms with Crippen molar-refractivity contribution in [3.8, 4) is 17.2 Å². The number of H-pyrrole nitrogens is 1. The van der Waals surface area contributed by atoms with Crippen molar-refractivity contribution in [1.29, 1.82) is 0 Å². The van der Waals surface area contributed by atoms with Crippen LogP contribution in [0.15, 0.2) is 59.8 Å². The molecule has 1 aliphatic heterocycles. The highest BCUT2D eigenvalue weighted by Gasteiger charge is 2.42. The second-order valence-electron chi connectivity index (χ2n) is 10.3. The molecule has 1 aliphatic carbocycles. The average molecular weight is 727 g/mol. The number of carbonyl (C=O) groups excluding carboxylic acids is 1. The van der Waals surface area contributed by atoms with Crippen LogP contribution in [0.25, 0.3) is 0 Å². The van der Waals surface area contributed by atoms with Crippen LogP contribution >= 0.6 is 35.0 Å². The molecule has 2 fully saturated rings. The van der Waals surface area contributed by atoms with Crippen LogP contribution in [0.2, 0.25) is 10.0 Å². The van der Waals surface area contributed by atoms with Crippen LogP contribution in [0.3, 0.4) is 0 Å². The van der Waals surface area contributed by atoms with Crippen molar-refractivity contribution in [3.63, 3.8) is 0 Å². The van der Waals surface area contributed by atoms with E-state index in [1.807, 2.05) is 0 Å². The van der Waals surface area contributed by atoms with Crippen molar-refractivity contribution in [1.82, 2.24) is 4.31 Å². The maximum Gasteiger partial charge on any atom is 0.387 e. The van der Waals surface area contributed by atoms with Gasteiger partial charge in [-0.1, -0.05) is 29.3 Å². The first-order valence-electron chi connectivity index (χ1n) is 13.9. The molecule has 0 radical (unpaired) electrons. The Bertz CT molecular complexity index is 1630. The van der Waals surface area contributed by atoms with Crippen molar-refractivity contribution in [2.24, 2.45) is 5.92 Å². The third-order valence-electron chi connectivity index (χ3n) is 7.08. The summed E-state index contributed by atoms with van der Waals surface area (Å²) in [6.07, 6.45) is 3.66. The van der Waals surface area contributed by atoms with Gasteiger partial charge in [0.1, 0.15) is 21.9 Å². The van der Waals surface area contributed by atoms with Gasteiger partial charge in [0.15, 0.2) is 29.3 Å². The van der Waals surface area contributed by atoms with Gasteiger partial charge in [0.05, 0.1) is 11.5 Å². The van der Waals surface area contributed by atoms with E-state index >= 15 is 0 Å². The largest absolute Gasteiger partial charge is 0.489 e. The quantitative estimate of drug-likeness (QED) is 0.139. The summed E-state index contributed by atoms with van der Waals surface area (Å²) in [6.45, 7) is -5.95. The van der Waals surface area contributed by atoms with Crippen LogP contribution in [0.4, 0.5) is 17.6 Å². The number of hydrogen-bond donors (Lipinski definition) is 0. The number of halogens is 6. The molecule has 0 spiro atoms. The lowest BCUT2D eigenvalue weighted by molar-refractivity contribution is -0.377. The SMILES string of the molecule is O=C(O[C@@H](Cc1c(Cl)c[nH+]cc1Cl)c1ccc(OC(F)F)c(OCC2CC2)c1)[C@@H]1SCCN1S(=O)(=O)c1ccc(OC(F)F)cc1. The average Bonchev–Trinajstić information content (AvgIpc) is 3.69. The number of nitrogens with zero attached hydrogens (tertiary/aromatic N) is 1. The van der Waals surface area contributed by atoms with Crippen molar-refractivity contribution >= 4 is 51.0 Å². The Morgan fingerprint density at radius 3 is 2.28 bits per heavy atom. The standard InChI is InChI=1S/C29H26Cl2F4N2O7S2/c30-21-13-36-14-22(31)20(21)12-24(17-3-8-23(44-29(34)35)25(11-17)41-15-16-1-2-16)43-27(38)26-37(9-10-45-26)46(39,40)19-6-4-18(5-7-19)42-28(32)33/h3-8,11,13-14,16,24,26,28-29H,1-2,9-10,12,15H2/p+1/t24-,26-/m0/s1. The van der Waals surface area contributed by atoms with E-state index < -0.39 is 40.7 Å². The monoisotopic (exact) mass is 725 g/mol. The molecule has 0 amide bonds. The third-order valence-corrected chi connectivity index (χ3v) is 10.9. The Morgan fingerprint density at radius 2 is 1.65 bits per heavy atom. The molecule has 0 unspecified atom stereocenters. The van der Waals surface area contributed by atoms with Crippen molar-refractivity contribution in [3.05, 3.63) is 76.0 Å². The maximum atomic E-state index is 13.7. The summed E-state index contributed by atoms with van der Waals surface area (Å²) in [4.78, 5) is 16.2. The minimum Gasteiger partial charge on any atom is -0.489 e. The molecule has 2 aromatic carbocycles. The molecule has 1 saturated carbocycles. The number of aromatic nitrogens is 1. The predicted octanol–water partition coefficient (Wildman–Crippen LogP) is 6.39. The number of aromatic amines is 1. The zero-order valence-corrected chi connectivity index (χ0v) is 26.9. The number of hydrogen-bond acceptors (Lipinski definition) is 8. The van der Waals surface area contributed by atoms with Gasteiger partial charge in [-0.2, -0.15) is 21.9 Å². The molecular weight excluding hydrogens is 699 g/mol. The number of benzene rings is 2. The van der Waals surface area contributed by atoms with Gasteiger partial charge in [0.2, 0.25) is 10.0 Å². The Morgan fingerprint density at radius 1 is 0.978 bits per heavy atom. The van der Waals surface area contributed by atoms with Crippen LogP contribution in [0, 0.1) is 5.92 Å². The van der Waals surface area contributed by atoms with E-state index in [0.29, 0.717) is 11.1 Å². The van der Waals surface area contributed by atoms with Gasteiger partial charge in [-0.25, -0.2) is 18.2 Å². The summed E-state index contributed by atoms with van der Waals surface area (Å²) < 4.78 is 100. The second kappa shape index (κ2) is 14.8. The molecule has 9 nitrogen and oxygen atoms in total. The zero-order chi connectivity index (χ0) is 33.0. The number of nitrogens with one attached hydrogen (secondary N) is 1. The van der Waals surface area contributed by atoms with Crippen LogP contribution < -0.4 is 19.2 Å². The molecule has 0 bridgehead atoms. The van der Waals surface area contributed by atoms with Gasteiger partial charge in [-0.3, -0.25) is 0 Å². The summed E-state index contributed by atoms with van der Waals surface area (Å²) in [6, 6.07) is 8.49. The lowest BCUT2D eigenvalue weighted by Crippen LogP contribution is -2.40. The van der Waals surface area contributed by atoms with E-state index in [0.717, 1.165) is 53.2 Å². The van der Waals surface area contributed by atoms with Gasteiger partial charge in [-0.15, -0.1) is 11.8 Å². The van der Waals surface area contributed by atoms with Gasteiger partial charge < -0.3 is 18.9 Å². The molecule has 2 aliphatic rings. The first-order valence-corrected chi connectivity index (χ1v) is 17.1. The summed E-state index contributed by atoms with van der Waals surface area (Å²) in [5.41, 5.74) is 0.732. The Labute approximate surface area is 276 Å². The molecular formula is C29H27Cl2F4N2O7S2+. The number of alkyl halides is 4. The zero-order valence-electron chi connectivity index (χ0n) is 23.7. The number of thioether (sulfide) groups is 1. The van der Waals surface area contributed by atoms with Gasteiger partial charge in [0.25, 0.3) is 0 Å². The highest BCUT2D eigenvalue weighted by molar-refractivity contribution is 8.02. The molecule has 17 heteroatoms. The fraction of sp³-hybridized carbons (Fsp3) is 0.379. The third kappa shape index (κ3) is 8.48. The smallest absolute Gasteiger partial charge is 0.387 e. The number of pyridine rings is 1. The first-order chi connectivity index (χ1) is 21.9. The normalized spacial score (nSPS) is 17.7. The molecule has 1 N–H and O–H groups in total. The number of sulfonamides is 1. The van der Waals surface area contributed by atoms with Crippen LogP contribution in [0.1, 0.15) is 30.1 Å². The summed E-state index contributed by atoms with van der Waals surface area (Å²) in [5, 5.41) is -0.836. The topological polar surface area (TPSA) is 106 Å². The Hall–Kier alpha value is -2.98. The summed E-state index contributed by atoms with van der Waals surface area (Å²) in [7, 11) is -4.27. The van der Waals surface area contributed by atoms with Crippen LogP contribution in [-0.4, -0.2) is 56.2 Å². The van der Waals surface area contributed by atoms with E-state index in [-0.39, 0.29) is 63.4 Å². The number of carbonyl (C=O) groups is 1. The minimum atomic E-state index is -4.27. The molecule has 46 heavy (non-hydrogen) atoms. The lowest BCUT2D eigenvalue weighted by atomic mass is 10.0. The van der Waals surface area contributed by atoms with Gasteiger partial charge in [-0.05, 0) is 60.7 Å². The van der Waals surface area contributed by atoms with Crippen LogP contribution in [-0.2, 0) is 26.0 Å². The van der Waals surface area contributed by atoms with Crippen molar-refractivity contribution in [2.45, 2.75) is 48.9 Å². The summed E-state index contributed by atoms with van der Waals surface area (Å²) >= 11 is 13.8. The van der Waals surface area contributed by atoms with Gasteiger partial charge in [0, 0.05) is 24.3 Å². The van der Waals surface area contributed by atoms with E-state index in [4.69, 9.17) is 32.7 Å². The van der Waals surface area contributed by atoms with Gasteiger partial charge >= 0.3 is 19.2 Å². The van der Waals surface area contributed by atoms with Crippen molar-refractivity contribution < 1.29 is 54.7 Å². The van der Waals surface area contributed by atoms with Crippen LogP contribution in [0.5, 0.6) is 17.2 Å². The van der Waals surface area contributed by atoms with Crippen molar-refractivity contribution in [2.75, 3.05) is 18.9 Å². The maximum absolute atomic E-state index is 13.7. The van der Waals surface area contributed by atoms with E-state index in [1.54, 1.807) is 0 Å². The molecule has 5 rings (SSSR count). The highest BCUT2D eigenvalue weighted by atomic mass is 35.5.